The molecule has 0 amide bonds. The fourth-order valence-electron chi connectivity index (χ4n) is 1.64. The van der Waals surface area contributed by atoms with E-state index >= 15 is 0 Å². The van der Waals surface area contributed by atoms with Gasteiger partial charge in [-0.3, -0.25) is 4.98 Å². The van der Waals surface area contributed by atoms with E-state index in [1.165, 1.54) is 16.9 Å². The van der Waals surface area contributed by atoms with E-state index in [-0.39, 0.29) is 0 Å². The van der Waals surface area contributed by atoms with Crippen LogP contribution in [0.1, 0.15) is 17.0 Å². The Labute approximate surface area is 66.7 Å². The van der Waals surface area contributed by atoms with E-state index in [1.54, 1.807) is 0 Å². The fraction of sp³-hybridized carbons (Fsp3) is 0.444. The molecule has 0 bridgehead atoms. The molecule has 0 saturated carbocycles. The van der Waals surface area contributed by atoms with Crippen molar-refractivity contribution in [1.29, 1.82) is 0 Å². The maximum Gasteiger partial charge on any atom is 0.0658 e. The Balaban J connectivity index is 2.60. The molecule has 0 atom stereocenters. The molecule has 2 nitrogen and oxygen atoms in total. The summed E-state index contributed by atoms with van der Waals surface area (Å²) in [4.78, 5) is 4.45. The van der Waals surface area contributed by atoms with Gasteiger partial charge in [0.2, 0.25) is 0 Å². The van der Waals surface area contributed by atoms with Gasteiger partial charge in [0.05, 0.1) is 11.4 Å². The van der Waals surface area contributed by atoms with Gasteiger partial charge in [-0.2, -0.15) is 0 Å². The molecule has 1 aliphatic rings. The number of rotatable bonds is 0. The zero-order valence-electron chi connectivity index (χ0n) is 6.94. The van der Waals surface area contributed by atoms with Crippen molar-refractivity contribution in [3.05, 3.63) is 23.0 Å². The lowest BCUT2D eigenvalue weighted by molar-refractivity contribution is 1.02. The number of nitrogens with zero attached hydrogens (tertiary/aromatic N) is 1. The minimum Gasteiger partial charge on any atom is -0.383 e. The molecular weight excluding hydrogens is 136 g/mol. The van der Waals surface area contributed by atoms with Gasteiger partial charge in [0.1, 0.15) is 0 Å². The average molecular weight is 148 g/mol. The third-order valence-corrected chi connectivity index (χ3v) is 2.08. The van der Waals surface area contributed by atoms with Crippen LogP contribution in [0.2, 0.25) is 0 Å². The molecule has 2 rings (SSSR count). The summed E-state index contributed by atoms with van der Waals surface area (Å²) >= 11 is 0. The number of hydrogen-bond acceptors (Lipinski definition) is 2. The van der Waals surface area contributed by atoms with Crippen molar-refractivity contribution >= 4 is 5.69 Å². The van der Waals surface area contributed by atoms with Gasteiger partial charge < -0.3 is 5.32 Å². The van der Waals surface area contributed by atoms with Crippen LogP contribution in [0.3, 0.4) is 0 Å². The summed E-state index contributed by atoms with van der Waals surface area (Å²) in [5, 5.41) is 3.33. The molecule has 11 heavy (non-hydrogen) atoms. The lowest BCUT2D eigenvalue weighted by atomic mass is 10.2. The second kappa shape index (κ2) is 2.22. The summed E-state index contributed by atoms with van der Waals surface area (Å²) in [5.74, 6) is 0. The first kappa shape index (κ1) is 6.65. The maximum absolute atomic E-state index is 4.45. The Hall–Kier alpha value is -1.05. The topological polar surface area (TPSA) is 24.9 Å². The van der Waals surface area contributed by atoms with E-state index in [1.807, 2.05) is 6.92 Å². The van der Waals surface area contributed by atoms with Crippen molar-refractivity contribution in [2.45, 2.75) is 20.3 Å². The predicted molar refractivity (Wildman–Crippen MR) is 45.9 cm³/mol. The van der Waals surface area contributed by atoms with E-state index in [0.717, 1.165) is 18.7 Å². The van der Waals surface area contributed by atoms with Gasteiger partial charge in [-0.1, -0.05) is 0 Å². The second-order valence-corrected chi connectivity index (χ2v) is 3.08. The molecule has 2 heteroatoms. The third kappa shape index (κ3) is 0.985. The number of aromatic nitrogens is 1. The number of hydrogen-bond donors (Lipinski definition) is 1. The van der Waals surface area contributed by atoms with Crippen molar-refractivity contribution in [2.24, 2.45) is 0 Å². The Kier molecular flexibility index (Phi) is 1.34. The predicted octanol–water partition coefficient (Wildman–Crippen LogP) is 1.67. The van der Waals surface area contributed by atoms with Crippen molar-refractivity contribution in [3.8, 4) is 0 Å². The Bertz CT molecular complexity index is 292. The van der Waals surface area contributed by atoms with Crippen LogP contribution in [0.15, 0.2) is 6.07 Å². The number of aryl methyl sites for hydroxylation is 2. The second-order valence-electron chi connectivity index (χ2n) is 3.08. The zero-order chi connectivity index (χ0) is 7.84. The molecule has 0 saturated heterocycles. The van der Waals surface area contributed by atoms with Gasteiger partial charge in [0, 0.05) is 18.7 Å². The minimum absolute atomic E-state index is 1.05. The highest BCUT2D eigenvalue weighted by molar-refractivity contribution is 5.58. The van der Waals surface area contributed by atoms with Crippen LogP contribution >= 0.6 is 0 Å². The third-order valence-electron chi connectivity index (χ3n) is 2.08. The van der Waals surface area contributed by atoms with Gasteiger partial charge >= 0.3 is 0 Å². The van der Waals surface area contributed by atoms with Gasteiger partial charge in [-0.25, -0.2) is 0 Å². The SMILES string of the molecule is Cc1cc(C)c2c(n1)CCN2. The van der Waals surface area contributed by atoms with E-state index < -0.39 is 0 Å². The molecule has 0 aromatic carbocycles. The molecule has 0 spiro atoms. The van der Waals surface area contributed by atoms with Crippen LogP contribution in [0, 0.1) is 13.8 Å². The number of pyridine rings is 1. The average Bonchev–Trinajstić information content (AvgIpc) is 2.34. The minimum atomic E-state index is 1.05. The first-order chi connectivity index (χ1) is 5.27. The Morgan fingerprint density at radius 1 is 1.45 bits per heavy atom. The van der Waals surface area contributed by atoms with E-state index in [9.17, 15) is 0 Å². The van der Waals surface area contributed by atoms with Crippen LogP contribution in [0.5, 0.6) is 0 Å². The number of nitrogens with one attached hydrogen (secondary N) is 1. The molecule has 0 aliphatic carbocycles. The smallest absolute Gasteiger partial charge is 0.0658 e. The van der Waals surface area contributed by atoms with Gasteiger partial charge in [0.15, 0.2) is 0 Å². The van der Waals surface area contributed by atoms with Crippen LogP contribution in [0.4, 0.5) is 5.69 Å². The first-order valence-corrected chi connectivity index (χ1v) is 3.98. The van der Waals surface area contributed by atoms with Crippen molar-refractivity contribution < 1.29 is 0 Å². The van der Waals surface area contributed by atoms with Crippen LogP contribution < -0.4 is 5.32 Å². The molecule has 0 fully saturated rings. The normalized spacial score (nSPS) is 14.4. The maximum atomic E-state index is 4.45. The molecular formula is C9H12N2. The van der Waals surface area contributed by atoms with Crippen LogP contribution in [-0.2, 0) is 6.42 Å². The fourth-order valence-corrected chi connectivity index (χ4v) is 1.64. The highest BCUT2D eigenvalue weighted by Gasteiger charge is 2.13. The molecule has 0 unspecified atom stereocenters. The molecule has 0 radical (unpaired) electrons. The summed E-state index contributed by atoms with van der Waals surface area (Å²) < 4.78 is 0. The quantitative estimate of drug-likeness (QED) is 0.605. The van der Waals surface area contributed by atoms with E-state index in [0.29, 0.717) is 0 Å². The van der Waals surface area contributed by atoms with Crippen LogP contribution in [-0.4, -0.2) is 11.5 Å². The summed E-state index contributed by atoms with van der Waals surface area (Å²) in [6, 6.07) is 2.12. The lowest BCUT2D eigenvalue weighted by Crippen LogP contribution is -1.93. The largest absolute Gasteiger partial charge is 0.383 e. The molecule has 58 valence electrons. The Morgan fingerprint density at radius 3 is 3.09 bits per heavy atom. The molecule has 1 aromatic heterocycles. The number of fused-ring (bicyclic) bond motifs is 1. The number of anilines is 1. The van der Waals surface area contributed by atoms with E-state index in [2.05, 4.69) is 23.3 Å². The van der Waals surface area contributed by atoms with Gasteiger partial charge in [-0.15, -0.1) is 0 Å². The van der Waals surface area contributed by atoms with Crippen LogP contribution in [0.25, 0.3) is 0 Å². The molecule has 2 heterocycles. The van der Waals surface area contributed by atoms with Crippen molar-refractivity contribution in [1.82, 2.24) is 4.98 Å². The monoisotopic (exact) mass is 148 g/mol. The highest BCUT2D eigenvalue weighted by Crippen LogP contribution is 2.24. The summed E-state index contributed by atoms with van der Waals surface area (Å²) in [7, 11) is 0. The summed E-state index contributed by atoms with van der Waals surface area (Å²) in [5.41, 5.74) is 4.95. The molecule has 1 aliphatic heterocycles. The van der Waals surface area contributed by atoms with Gasteiger partial charge in [0.25, 0.3) is 0 Å². The highest BCUT2D eigenvalue weighted by atomic mass is 14.9. The summed E-state index contributed by atoms with van der Waals surface area (Å²) in [6.07, 6.45) is 1.08. The Morgan fingerprint density at radius 2 is 2.27 bits per heavy atom. The van der Waals surface area contributed by atoms with E-state index in [4.69, 9.17) is 0 Å². The first-order valence-electron chi connectivity index (χ1n) is 3.98. The molecule has 1 aromatic rings. The zero-order valence-corrected chi connectivity index (χ0v) is 6.94. The molecule has 1 N–H and O–H groups in total. The standard InChI is InChI=1S/C9H12N2/c1-6-5-7(2)11-8-3-4-10-9(6)8/h5,10H,3-4H2,1-2H3. The van der Waals surface area contributed by atoms with Gasteiger partial charge in [-0.05, 0) is 25.5 Å². The lowest BCUT2D eigenvalue weighted by Gasteiger charge is -2.03. The van der Waals surface area contributed by atoms with Crippen molar-refractivity contribution in [3.63, 3.8) is 0 Å². The summed E-state index contributed by atoms with van der Waals surface area (Å²) in [6.45, 7) is 5.23. The van der Waals surface area contributed by atoms with Crippen molar-refractivity contribution in [2.75, 3.05) is 11.9 Å².